The molecule has 0 bridgehead atoms. The summed E-state index contributed by atoms with van der Waals surface area (Å²) >= 11 is 0. The Balaban J connectivity index is 1.81. The van der Waals surface area contributed by atoms with E-state index in [9.17, 15) is 5.26 Å². The third kappa shape index (κ3) is 4.05. The van der Waals surface area contributed by atoms with E-state index in [-0.39, 0.29) is 6.04 Å². The number of piperazine rings is 1. The van der Waals surface area contributed by atoms with Crippen LogP contribution in [0.4, 0.5) is 0 Å². The molecule has 1 aromatic carbocycles. The lowest BCUT2D eigenvalue weighted by molar-refractivity contribution is 0.106. The number of hydrogen-bond acceptors (Lipinski definition) is 3. The van der Waals surface area contributed by atoms with Gasteiger partial charge in [-0.25, -0.2) is 0 Å². The summed E-state index contributed by atoms with van der Waals surface area (Å²) in [6.07, 6.45) is 2.08. The van der Waals surface area contributed by atoms with Gasteiger partial charge in [-0.15, -0.1) is 0 Å². The first-order valence-electron chi connectivity index (χ1n) is 7.23. The topological polar surface area (TPSA) is 30.3 Å². The van der Waals surface area contributed by atoms with Crippen molar-refractivity contribution in [1.82, 2.24) is 9.80 Å². The molecule has 1 aliphatic heterocycles. The van der Waals surface area contributed by atoms with Crippen LogP contribution in [0.2, 0.25) is 0 Å². The average molecular weight is 257 g/mol. The van der Waals surface area contributed by atoms with Crippen molar-refractivity contribution < 1.29 is 0 Å². The fourth-order valence-electron chi connectivity index (χ4n) is 2.68. The van der Waals surface area contributed by atoms with Crippen molar-refractivity contribution in [1.29, 1.82) is 5.26 Å². The van der Waals surface area contributed by atoms with Crippen molar-refractivity contribution in [2.45, 2.75) is 32.4 Å². The largest absolute Gasteiger partial charge is 0.297 e. The molecule has 19 heavy (non-hydrogen) atoms. The zero-order valence-corrected chi connectivity index (χ0v) is 11.8. The smallest absolute Gasteiger partial charge is 0.0978 e. The van der Waals surface area contributed by atoms with E-state index in [1.807, 2.05) is 0 Å². The summed E-state index contributed by atoms with van der Waals surface area (Å²) in [5, 5.41) is 9.21. The van der Waals surface area contributed by atoms with Gasteiger partial charge < -0.3 is 0 Å². The fraction of sp³-hybridized carbons (Fsp3) is 0.562. The predicted molar refractivity (Wildman–Crippen MR) is 77.6 cm³/mol. The maximum Gasteiger partial charge on any atom is 0.0978 e. The van der Waals surface area contributed by atoms with Crippen LogP contribution < -0.4 is 0 Å². The van der Waals surface area contributed by atoms with Gasteiger partial charge >= 0.3 is 0 Å². The van der Waals surface area contributed by atoms with E-state index in [0.29, 0.717) is 0 Å². The van der Waals surface area contributed by atoms with Crippen molar-refractivity contribution >= 4 is 0 Å². The molecule has 0 aromatic heterocycles. The third-order valence-electron chi connectivity index (χ3n) is 3.81. The Morgan fingerprint density at radius 3 is 2.42 bits per heavy atom. The molecule has 2 rings (SSSR count). The minimum absolute atomic E-state index is 0.115. The second-order valence-electron chi connectivity index (χ2n) is 5.23. The van der Waals surface area contributed by atoms with Crippen LogP contribution in [0.1, 0.15) is 25.3 Å². The van der Waals surface area contributed by atoms with Gasteiger partial charge in [-0.1, -0.05) is 43.7 Å². The Bertz CT molecular complexity index is 402. The molecule has 1 atom stereocenters. The molecule has 0 spiro atoms. The second-order valence-corrected chi connectivity index (χ2v) is 5.23. The Morgan fingerprint density at radius 2 is 1.84 bits per heavy atom. The van der Waals surface area contributed by atoms with Crippen molar-refractivity contribution in [3.63, 3.8) is 0 Å². The standard InChI is InChI=1S/C16H23N3/c1-2-6-16(13-17)19-11-9-18(10-12-19)14-15-7-4-3-5-8-15/h3-5,7-8,16H,2,6,9-12,14H2,1H3. The van der Waals surface area contributed by atoms with Crippen LogP contribution in [0.5, 0.6) is 0 Å². The Hall–Kier alpha value is -1.37. The number of nitrogens with zero attached hydrogens (tertiary/aromatic N) is 3. The van der Waals surface area contributed by atoms with Gasteiger partial charge in [0.1, 0.15) is 0 Å². The zero-order chi connectivity index (χ0) is 13.5. The SMILES string of the molecule is CCCC(C#N)N1CCN(Cc2ccccc2)CC1. The highest BCUT2D eigenvalue weighted by Gasteiger charge is 2.22. The van der Waals surface area contributed by atoms with Crippen molar-refractivity contribution in [2.75, 3.05) is 26.2 Å². The van der Waals surface area contributed by atoms with Crippen LogP contribution in [0.15, 0.2) is 30.3 Å². The second kappa shape index (κ2) is 7.28. The van der Waals surface area contributed by atoms with Gasteiger partial charge in [-0.05, 0) is 12.0 Å². The number of hydrogen-bond donors (Lipinski definition) is 0. The first-order valence-corrected chi connectivity index (χ1v) is 7.23. The predicted octanol–water partition coefficient (Wildman–Crippen LogP) is 2.50. The van der Waals surface area contributed by atoms with Crippen LogP contribution >= 0.6 is 0 Å². The number of nitriles is 1. The van der Waals surface area contributed by atoms with E-state index in [1.165, 1.54) is 5.56 Å². The highest BCUT2D eigenvalue weighted by atomic mass is 15.3. The molecule has 1 fully saturated rings. The summed E-state index contributed by atoms with van der Waals surface area (Å²) in [4.78, 5) is 4.82. The van der Waals surface area contributed by atoms with E-state index in [0.717, 1.165) is 45.6 Å². The summed E-state index contributed by atoms with van der Waals surface area (Å²) in [6, 6.07) is 13.2. The summed E-state index contributed by atoms with van der Waals surface area (Å²) in [5.74, 6) is 0. The van der Waals surface area contributed by atoms with Gasteiger partial charge in [0, 0.05) is 32.7 Å². The van der Waals surface area contributed by atoms with E-state index in [2.05, 4.69) is 53.1 Å². The Labute approximate surface area is 116 Å². The molecule has 1 aliphatic rings. The minimum atomic E-state index is 0.115. The van der Waals surface area contributed by atoms with Crippen LogP contribution in [-0.2, 0) is 6.54 Å². The molecule has 0 saturated carbocycles. The molecule has 1 heterocycles. The highest BCUT2D eigenvalue weighted by Crippen LogP contribution is 2.12. The zero-order valence-electron chi connectivity index (χ0n) is 11.8. The van der Waals surface area contributed by atoms with Crippen LogP contribution in [0, 0.1) is 11.3 Å². The monoisotopic (exact) mass is 257 g/mol. The van der Waals surface area contributed by atoms with Gasteiger partial charge in [0.25, 0.3) is 0 Å². The van der Waals surface area contributed by atoms with Gasteiger partial charge in [0.05, 0.1) is 12.1 Å². The molecule has 0 radical (unpaired) electrons. The normalized spacial score (nSPS) is 18.9. The number of benzene rings is 1. The van der Waals surface area contributed by atoms with E-state index >= 15 is 0 Å². The van der Waals surface area contributed by atoms with E-state index in [1.54, 1.807) is 0 Å². The van der Waals surface area contributed by atoms with Gasteiger partial charge in [0.15, 0.2) is 0 Å². The number of rotatable bonds is 5. The molecule has 102 valence electrons. The first kappa shape index (κ1) is 14.0. The van der Waals surface area contributed by atoms with Gasteiger partial charge in [0.2, 0.25) is 0 Å². The van der Waals surface area contributed by atoms with Gasteiger partial charge in [-0.2, -0.15) is 5.26 Å². The molecule has 0 N–H and O–H groups in total. The lowest BCUT2D eigenvalue weighted by Crippen LogP contribution is -2.49. The van der Waals surface area contributed by atoms with E-state index in [4.69, 9.17) is 0 Å². The minimum Gasteiger partial charge on any atom is -0.297 e. The molecule has 1 unspecified atom stereocenters. The Kier molecular flexibility index (Phi) is 5.38. The van der Waals surface area contributed by atoms with Crippen molar-refractivity contribution in [3.8, 4) is 6.07 Å². The summed E-state index contributed by atoms with van der Waals surface area (Å²) < 4.78 is 0. The molecule has 3 heteroatoms. The highest BCUT2D eigenvalue weighted by molar-refractivity contribution is 5.14. The average Bonchev–Trinajstić information content (AvgIpc) is 2.47. The molecule has 0 aliphatic carbocycles. The molecule has 3 nitrogen and oxygen atoms in total. The van der Waals surface area contributed by atoms with Crippen LogP contribution in [0.25, 0.3) is 0 Å². The Morgan fingerprint density at radius 1 is 1.16 bits per heavy atom. The molecule has 1 aromatic rings. The van der Waals surface area contributed by atoms with Crippen molar-refractivity contribution in [2.24, 2.45) is 0 Å². The van der Waals surface area contributed by atoms with Crippen LogP contribution in [0.3, 0.4) is 0 Å². The fourth-order valence-corrected chi connectivity index (χ4v) is 2.68. The molecular formula is C16H23N3. The summed E-state index contributed by atoms with van der Waals surface area (Å²) in [6.45, 7) is 7.35. The maximum absolute atomic E-state index is 9.21. The third-order valence-corrected chi connectivity index (χ3v) is 3.81. The van der Waals surface area contributed by atoms with E-state index < -0.39 is 0 Å². The van der Waals surface area contributed by atoms with Crippen molar-refractivity contribution in [3.05, 3.63) is 35.9 Å². The van der Waals surface area contributed by atoms with Gasteiger partial charge in [-0.3, -0.25) is 9.80 Å². The lowest BCUT2D eigenvalue weighted by atomic mass is 10.1. The quantitative estimate of drug-likeness (QED) is 0.812. The first-order chi connectivity index (χ1) is 9.33. The summed E-state index contributed by atoms with van der Waals surface area (Å²) in [7, 11) is 0. The molecular weight excluding hydrogens is 234 g/mol. The summed E-state index contributed by atoms with van der Waals surface area (Å²) in [5.41, 5.74) is 1.38. The molecule has 0 amide bonds. The molecule has 1 saturated heterocycles. The van der Waals surface area contributed by atoms with Crippen LogP contribution in [-0.4, -0.2) is 42.0 Å². The maximum atomic E-state index is 9.21. The lowest BCUT2D eigenvalue weighted by Gasteiger charge is -2.36.